The van der Waals surface area contributed by atoms with Crippen LogP contribution in [0.2, 0.25) is 15.1 Å². The van der Waals surface area contributed by atoms with E-state index >= 15 is 0 Å². The molecule has 2 heterocycles. The monoisotopic (exact) mass is 1680 g/mol. The second kappa shape index (κ2) is 35.4. The molecule has 558 valence electrons. The van der Waals surface area contributed by atoms with Crippen molar-refractivity contribution in [2.75, 3.05) is 24.9 Å². The van der Waals surface area contributed by atoms with E-state index in [2.05, 4.69) is 293 Å². The summed E-state index contributed by atoms with van der Waals surface area (Å²) in [6, 6.07) is 136. The topological polar surface area (TPSA) is 106 Å². The van der Waals surface area contributed by atoms with Crippen molar-refractivity contribution < 1.29 is 20.1 Å². The Kier molecular flexibility index (Phi) is 23.8. The normalized spacial score (nSPS) is 13.0. The highest BCUT2D eigenvalue weighted by atomic mass is 79.9. The van der Waals surface area contributed by atoms with Gasteiger partial charge < -0.3 is 45.0 Å². The number of fused-ring (bicyclic) bond motifs is 4. The fourth-order valence-corrected chi connectivity index (χ4v) is 18.4. The van der Waals surface area contributed by atoms with Crippen LogP contribution in [0.1, 0.15) is 45.2 Å². The second-order valence-corrected chi connectivity index (χ2v) is 31.0. The molecule has 16 aromatic carbocycles. The minimum absolute atomic E-state index is 0.134. The Bertz CT molecular complexity index is 5590. The molecular weight excluding hydrogens is 1610 g/mol. The third-order valence-corrected chi connectivity index (χ3v) is 22.3. The van der Waals surface area contributed by atoms with Crippen LogP contribution >= 0.6 is 66.7 Å². The predicted molar refractivity (Wildman–Crippen MR) is 490 cm³/mol. The first-order valence-corrected chi connectivity index (χ1v) is 40.4. The van der Waals surface area contributed by atoms with E-state index < -0.39 is 14.2 Å². The maximum Gasteiger partial charge on any atom is 0.488 e. The van der Waals surface area contributed by atoms with Gasteiger partial charge in [-0.2, -0.15) is 0 Å². The molecule has 0 fully saturated rings. The lowest BCUT2D eigenvalue weighted by molar-refractivity contribution is 0.423. The summed E-state index contributed by atoms with van der Waals surface area (Å²) in [6.45, 7) is 0.134. The van der Waals surface area contributed by atoms with Gasteiger partial charge in [-0.1, -0.05) is 309 Å². The molecule has 2 atom stereocenters. The Morgan fingerprint density at radius 1 is 0.296 bits per heavy atom. The summed E-state index contributed by atoms with van der Waals surface area (Å²) >= 11 is 25.9. The molecular formula is C98H73B3Br2Cl3N5O4. The molecule has 5 N–H and O–H groups in total. The Morgan fingerprint density at radius 2 is 0.600 bits per heavy atom. The average Bonchev–Trinajstić information content (AvgIpc) is 0.703. The average molecular weight is 1680 g/mol. The van der Waals surface area contributed by atoms with Crippen molar-refractivity contribution >= 4 is 195 Å². The van der Waals surface area contributed by atoms with Gasteiger partial charge in [0.25, 0.3) is 6.71 Å². The first-order valence-electron chi connectivity index (χ1n) is 37.7. The zero-order valence-corrected chi connectivity index (χ0v) is 67.4. The highest BCUT2D eigenvalue weighted by Gasteiger charge is 2.46. The lowest BCUT2D eigenvalue weighted by Gasteiger charge is -2.44. The summed E-state index contributed by atoms with van der Waals surface area (Å²) < 4.78 is 1.98. The van der Waals surface area contributed by atoms with Crippen LogP contribution in [0.25, 0.3) is 0 Å². The van der Waals surface area contributed by atoms with Crippen LogP contribution in [-0.2, 0) is 0 Å². The molecule has 21 rings (SSSR count). The summed E-state index contributed by atoms with van der Waals surface area (Å²) in [6.07, 6.45) is 0. The largest absolute Gasteiger partial charge is 0.488 e. The van der Waals surface area contributed by atoms with Gasteiger partial charge in [0.2, 0.25) is 0 Å². The maximum absolute atomic E-state index is 9.92. The highest BCUT2D eigenvalue weighted by Crippen LogP contribution is 2.55. The van der Waals surface area contributed by atoms with Crippen molar-refractivity contribution in [3.8, 4) is 0 Å². The summed E-state index contributed by atoms with van der Waals surface area (Å²) in [4.78, 5) is 9.16. The van der Waals surface area contributed by atoms with Crippen molar-refractivity contribution in [1.82, 2.24) is 0 Å². The quantitative estimate of drug-likeness (QED) is 0.0765. The van der Waals surface area contributed by atoms with Gasteiger partial charge in [0.05, 0.1) is 0 Å². The van der Waals surface area contributed by atoms with Crippen molar-refractivity contribution in [3.05, 3.63) is 458 Å². The molecule has 9 nitrogen and oxygen atoms in total. The van der Waals surface area contributed by atoms with Gasteiger partial charge in [-0.15, -0.1) is 0 Å². The third kappa shape index (κ3) is 16.6. The van der Waals surface area contributed by atoms with Crippen molar-refractivity contribution in [2.45, 2.75) is 11.8 Å². The molecule has 0 saturated carbocycles. The van der Waals surface area contributed by atoms with E-state index in [-0.39, 0.29) is 18.5 Å². The summed E-state index contributed by atoms with van der Waals surface area (Å²) in [5.41, 5.74) is 26.4. The minimum atomic E-state index is -1.55. The van der Waals surface area contributed by atoms with E-state index in [1.807, 2.05) is 152 Å². The van der Waals surface area contributed by atoms with E-state index in [9.17, 15) is 20.1 Å². The van der Waals surface area contributed by atoms with Crippen LogP contribution in [0.4, 0.5) is 79.6 Å². The number of hydrogen-bond acceptors (Lipinski definition) is 9. The van der Waals surface area contributed by atoms with Gasteiger partial charge in [0, 0.05) is 115 Å². The molecule has 0 saturated heterocycles. The molecule has 2 bridgehead atoms. The van der Waals surface area contributed by atoms with Crippen LogP contribution in [0.3, 0.4) is 0 Å². The van der Waals surface area contributed by atoms with Gasteiger partial charge in [-0.25, -0.2) is 0 Å². The van der Waals surface area contributed by atoms with Gasteiger partial charge in [0.1, 0.15) is 0 Å². The maximum atomic E-state index is 9.92. The van der Waals surface area contributed by atoms with Crippen LogP contribution in [0.15, 0.2) is 409 Å². The molecule has 115 heavy (non-hydrogen) atoms. The van der Waals surface area contributed by atoms with Gasteiger partial charge in [-0.05, 0) is 218 Å². The van der Waals surface area contributed by atoms with E-state index in [0.29, 0.717) is 15.9 Å². The number of nitrogens with zero attached hydrogens (tertiary/aromatic N) is 4. The molecule has 5 aliphatic rings. The molecule has 2 aliphatic heterocycles. The van der Waals surface area contributed by atoms with Gasteiger partial charge in [0.15, 0.2) is 0 Å². The molecule has 0 unspecified atom stereocenters. The molecule has 17 heteroatoms. The third-order valence-electron chi connectivity index (χ3n) is 20.7. The fourth-order valence-electron chi connectivity index (χ4n) is 16.1. The molecule has 0 spiro atoms. The van der Waals surface area contributed by atoms with Crippen molar-refractivity contribution in [3.63, 3.8) is 0 Å². The van der Waals surface area contributed by atoms with Gasteiger partial charge >= 0.3 is 14.2 Å². The summed E-state index contributed by atoms with van der Waals surface area (Å²) in [5, 5.41) is 45.1. The highest BCUT2D eigenvalue weighted by molar-refractivity contribution is 9.11. The number of rotatable bonds is 12. The van der Waals surface area contributed by atoms with Crippen molar-refractivity contribution in [1.29, 1.82) is 0 Å². The number of para-hydroxylation sites is 10. The zero-order chi connectivity index (χ0) is 78.9. The number of halogens is 5. The van der Waals surface area contributed by atoms with Crippen LogP contribution in [0.5, 0.6) is 0 Å². The number of hydrogen-bond donors (Lipinski definition) is 5. The Hall–Kier alpha value is -11.6. The first kappa shape index (κ1) is 77.3. The smallest absolute Gasteiger partial charge is 0.423 e. The SMILES string of the molecule is Clc1cc(Br)cc(Br)c1.Clc1cc(N(c2ccccc2)c2ccccc2)cc(N(c2ccccc2)c2ccccc2)c1.Clc1cc2c3c(c1)N(c1ccccc1)c1ccccc1B3c1ccccc1N2c1ccccc1.OB(O)c1cccc2c1[C@H]1c3ccccc3[C@@H]2c2c(B(O)O)cccc21.c1ccc(Nc2ccccc2)cc1. The standard InChI is InChI=1S/C30H20BClN2.C30H23ClN2.C20H16B2O4.C12H11N.C6H3Br2Cl/c32-21-19-28-30-29(20-21)34(23-13-5-2-6-14-23)27-18-10-8-16-25(27)31(30)24-15-7-9-17-26(24)33(28)22-11-3-1-4-12-22;31-24-21-29(32(25-13-5-1-6-14-25)26-15-7-2-8-16-26)23-30(22-24)33(27-17-9-3-10-18-27)28-19-11-4-12-20-28;23-21(24)15-9-4-8-14-18-12-6-2-1-5-11(12)17(19(14)15)13-7-3-10-16(20(13)18)22(25)26;1-3-7-11(8-4-1)13-12-9-5-2-6-10-12;7-4-1-5(8)3-6(9)2-4/h1-20H;1-23H;1-10,17-18,23-26H;1-10,13H;1-3H/t;;17-,18-;;/m..0../s1. The zero-order valence-electron chi connectivity index (χ0n) is 62.0. The lowest BCUT2D eigenvalue weighted by Crippen LogP contribution is -2.61. The second-order valence-electron chi connectivity index (χ2n) is 27.8. The number of anilines is 14. The molecule has 0 radical (unpaired) electrons. The van der Waals surface area contributed by atoms with Crippen LogP contribution < -0.4 is 52.2 Å². The Balaban J connectivity index is 0.000000115. The number of benzene rings is 16. The summed E-state index contributed by atoms with van der Waals surface area (Å²) in [5.74, 6) is -0.309. The molecule has 16 aromatic rings. The lowest BCUT2D eigenvalue weighted by atomic mass is 9.33. The summed E-state index contributed by atoms with van der Waals surface area (Å²) in [7, 11) is -3.10. The van der Waals surface area contributed by atoms with E-state index in [4.69, 9.17) is 34.8 Å². The first-order chi connectivity index (χ1) is 56.3. The van der Waals surface area contributed by atoms with Gasteiger partial charge in [-0.3, -0.25) is 0 Å². The Labute approximate surface area is 703 Å². The minimum Gasteiger partial charge on any atom is -0.423 e. The molecule has 3 aliphatic carbocycles. The van der Waals surface area contributed by atoms with Crippen molar-refractivity contribution in [2.24, 2.45) is 0 Å². The predicted octanol–water partition coefficient (Wildman–Crippen LogP) is 23.0. The van der Waals surface area contributed by atoms with Crippen LogP contribution in [-0.4, -0.2) is 41.0 Å². The van der Waals surface area contributed by atoms with Crippen LogP contribution in [0, 0.1) is 0 Å². The fraction of sp³-hybridized carbons (Fsp3) is 0.0204. The van der Waals surface area contributed by atoms with E-state index in [1.165, 1.54) is 27.8 Å². The van der Waals surface area contributed by atoms with E-state index in [1.54, 1.807) is 12.1 Å². The Morgan fingerprint density at radius 3 is 0.957 bits per heavy atom. The molecule has 0 amide bonds. The molecule has 0 aromatic heterocycles. The van der Waals surface area contributed by atoms with E-state index in [0.717, 1.165) is 121 Å². The number of nitrogens with one attached hydrogen (secondary N) is 1.